The number of rotatable bonds is 3. The summed E-state index contributed by atoms with van der Waals surface area (Å²) in [6, 6.07) is 4.81. The maximum atomic E-state index is 10.6. The van der Waals surface area contributed by atoms with Gasteiger partial charge in [0.05, 0.1) is 0 Å². The summed E-state index contributed by atoms with van der Waals surface area (Å²) in [5, 5.41) is 10.6. The van der Waals surface area contributed by atoms with E-state index in [0.29, 0.717) is 5.75 Å². The number of nitro groups is 1. The fraction of sp³-hybridized carbons (Fsp3) is 0.250. The summed E-state index contributed by atoms with van der Waals surface area (Å²) in [6.07, 6.45) is 0. The van der Waals surface area contributed by atoms with E-state index in [9.17, 15) is 10.1 Å². The van der Waals surface area contributed by atoms with Gasteiger partial charge in [-0.15, -0.1) is 0 Å². The molecule has 0 amide bonds. The van der Waals surface area contributed by atoms with Gasteiger partial charge in [0.15, 0.2) is 0 Å². The van der Waals surface area contributed by atoms with Crippen LogP contribution in [0.3, 0.4) is 0 Å². The molecule has 0 fully saturated rings. The molecule has 0 heterocycles. The second kappa shape index (κ2) is 4.25. The number of nitrogens with zero attached hydrogens (tertiary/aromatic N) is 1. The van der Waals surface area contributed by atoms with Crippen molar-refractivity contribution in [2.45, 2.75) is 5.82 Å². The van der Waals surface area contributed by atoms with Crippen molar-refractivity contribution in [1.82, 2.24) is 0 Å². The summed E-state index contributed by atoms with van der Waals surface area (Å²) in [7, 11) is 1.55. The molecule has 0 aromatic heterocycles. The second-order valence-electron chi connectivity index (χ2n) is 2.29. The van der Waals surface area contributed by atoms with Gasteiger partial charge in [0.25, 0.3) is 0 Å². The van der Waals surface area contributed by atoms with Crippen LogP contribution in [0.15, 0.2) is 18.2 Å². The summed E-state index contributed by atoms with van der Waals surface area (Å²) < 4.78 is 5.74. The molecule has 0 aliphatic carbocycles. The molecule has 0 spiro atoms. The number of nitro benzene ring substituents is 1. The summed E-state index contributed by atoms with van der Waals surface area (Å²) in [5.41, 5.74) is 0.184. The Hall–Kier alpha value is -1.06. The summed E-state index contributed by atoms with van der Waals surface area (Å²) in [4.78, 5) is 10.2. The van der Waals surface area contributed by atoms with Crippen LogP contribution in [0, 0.1) is 10.1 Å². The van der Waals surface area contributed by atoms with Gasteiger partial charge in [-0.2, -0.15) is 0 Å². The van der Waals surface area contributed by atoms with Gasteiger partial charge >= 0.3 is 81.8 Å². The third-order valence-corrected chi connectivity index (χ3v) is 3.19. The predicted molar refractivity (Wildman–Crippen MR) is 50.9 cm³/mol. The van der Waals surface area contributed by atoms with Crippen LogP contribution in [0.25, 0.3) is 0 Å². The second-order valence-corrected chi connectivity index (χ2v) is 4.07. The standard InChI is InChI=1S/C8H9NO3Se/c1-12-6-3-4-7(9(10)11)8(5-6)13-2/h3-5H,1-2H3. The number of methoxy groups -OCH3 is 1. The van der Waals surface area contributed by atoms with Crippen molar-refractivity contribution >= 4 is 25.1 Å². The molecule has 0 unspecified atom stereocenters. The molecular formula is C8H9NO3Se. The van der Waals surface area contributed by atoms with Gasteiger partial charge in [-0.05, 0) is 0 Å². The monoisotopic (exact) mass is 247 g/mol. The Morgan fingerprint density at radius 3 is 2.69 bits per heavy atom. The first kappa shape index (κ1) is 10.0. The third kappa shape index (κ3) is 2.20. The Morgan fingerprint density at radius 2 is 2.23 bits per heavy atom. The van der Waals surface area contributed by atoms with E-state index >= 15 is 0 Å². The molecular weight excluding hydrogens is 237 g/mol. The van der Waals surface area contributed by atoms with Gasteiger partial charge in [0, 0.05) is 0 Å². The van der Waals surface area contributed by atoms with Crippen molar-refractivity contribution in [1.29, 1.82) is 0 Å². The first-order valence-corrected chi connectivity index (χ1v) is 6.12. The van der Waals surface area contributed by atoms with Gasteiger partial charge in [-0.25, -0.2) is 0 Å². The molecule has 4 nitrogen and oxygen atoms in total. The third-order valence-electron chi connectivity index (χ3n) is 1.58. The van der Waals surface area contributed by atoms with Crippen LogP contribution in [-0.4, -0.2) is 27.0 Å². The zero-order valence-corrected chi connectivity index (χ0v) is 9.03. The average Bonchev–Trinajstić information content (AvgIpc) is 2.16. The Bertz CT molecular complexity index is 327. The fourth-order valence-electron chi connectivity index (χ4n) is 0.936. The number of hydrogen-bond acceptors (Lipinski definition) is 3. The minimum atomic E-state index is -0.361. The van der Waals surface area contributed by atoms with Crippen LogP contribution in [0.2, 0.25) is 5.82 Å². The molecule has 0 bridgehead atoms. The number of benzene rings is 1. The van der Waals surface area contributed by atoms with Crippen LogP contribution in [-0.2, 0) is 0 Å². The molecule has 1 aromatic carbocycles. The van der Waals surface area contributed by atoms with Crippen LogP contribution >= 0.6 is 0 Å². The zero-order valence-electron chi connectivity index (χ0n) is 7.31. The molecule has 0 aliphatic heterocycles. The summed E-state index contributed by atoms with van der Waals surface area (Å²) in [6.45, 7) is 0. The van der Waals surface area contributed by atoms with E-state index in [-0.39, 0.29) is 25.6 Å². The van der Waals surface area contributed by atoms with Crippen LogP contribution in [0.1, 0.15) is 0 Å². The van der Waals surface area contributed by atoms with E-state index < -0.39 is 0 Å². The molecule has 70 valence electrons. The van der Waals surface area contributed by atoms with E-state index in [0.717, 1.165) is 4.46 Å². The zero-order chi connectivity index (χ0) is 9.84. The van der Waals surface area contributed by atoms with Crippen molar-refractivity contribution in [3.63, 3.8) is 0 Å². The molecule has 1 rings (SSSR count). The SMILES string of the molecule is COc1ccc([N+](=O)[O-])c([Se]C)c1. The van der Waals surface area contributed by atoms with Gasteiger partial charge < -0.3 is 0 Å². The van der Waals surface area contributed by atoms with Gasteiger partial charge in [-0.3, -0.25) is 0 Å². The van der Waals surface area contributed by atoms with Crippen molar-refractivity contribution < 1.29 is 9.66 Å². The van der Waals surface area contributed by atoms with Gasteiger partial charge in [0.1, 0.15) is 0 Å². The molecule has 0 aliphatic rings. The van der Waals surface area contributed by atoms with Crippen molar-refractivity contribution in [3.05, 3.63) is 28.3 Å². The van der Waals surface area contributed by atoms with Crippen LogP contribution in [0.4, 0.5) is 5.69 Å². The quantitative estimate of drug-likeness (QED) is 0.454. The molecule has 0 saturated heterocycles. The summed E-state index contributed by atoms with van der Waals surface area (Å²) in [5.74, 6) is 2.61. The number of ether oxygens (including phenoxy) is 1. The Morgan fingerprint density at radius 1 is 1.54 bits per heavy atom. The van der Waals surface area contributed by atoms with E-state index in [1.54, 1.807) is 19.2 Å². The van der Waals surface area contributed by atoms with Crippen molar-refractivity contribution in [2.75, 3.05) is 7.11 Å². The molecule has 0 N–H and O–H groups in total. The minimum absolute atomic E-state index is 0.108. The molecule has 1 aromatic rings. The molecule has 0 radical (unpaired) electrons. The molecule has 5 heteroatoms. The molecule has 13 heavy (non-hydrogen) atoms. The predicted octanol–water partition coefficient (Wildman–Crippen LogP) is 0.981. The Labute approximate surface area is 82.2 Å². The fourth-order valence-corrected chi connectivity index (χ4v) is 2.16. The van der Waals surface area contributed by atoms with E-state index in [1.165, 1.54) is 6.07 Å². The van der Waals surface area contributed by atoms with Gasteiger partial charge in [-0.1, -0.05) is 0 Å². The topological polar surface area (TPSA) is 52.4 Å². The van der Waals surface area contributed by atoms with E-state index in [4.69, 9.17) is 4.74 Å². The Balaban J connectivity index is 3.15. The van der Waals surface area contributed by atoms with E-state index in [2.05, 4.69) is 0 Å². The molecule has 0 atom stereocenters. The first-order valence-electron chi connectivity index (χ1n) is 3.55. The Kier molecular flexibility index (Phi) is 3.28. The normalized spacial score (nSPS) is 9.69. The van der Waals surface area contributed by atoms with Crippen LogP contribution < -0.4 is 9.20 Å². The van der Waals surface area contributed by atoms with Crippen LogP contribution in [0.5, 0.6) is 5.75 Å². The summed E-state index contributed by atoms with van der Waals surface area (Å²) >= 11 is 0.108. The van der Waals surface area contributed by atoms with E-state index in [1.807, 2.05) is 5.82 Å². The number of hydrogen-bond donors (Lipinski definition) is 0. The first-order chi connectivity index (χ1) is 6.19. The van der Waals surface area contributed by atoms with Gasteiger partial charge in [0.2, 0.25) is 0 Å². The maximum absolute atomic E-state index is 10.6. The average molecular weight is 246 g/mol. The van der Waals surface area contributed by atoms with Crippen molar-refractivity contribution in [2.24, 2.45) is 0 Å². The molecule has 0 saturated carbocycles. The van der Waals surface area contributed by atoms with Crippen molar-refractivity contribution in [3.8, 4) is 5.75 Å².